The molecular formula is C44H54AcO6. The number of benzene rings is 4. The molecule has 0 aromatic heterocycles. The minimum Gasteiger partial charge on any atom is -0.508 e. The first-order chi connectivity index (χ1) is 23.9. The maximum Gasteiger partial charge on any atom is 0.309 e. The molecule has 51 heavy (non-hydrogen) atoms. The minimum absolute atomic E-state index is 0. The van der Waals surface area contributed by atoms with E-state index in [1.807, 2.05) is 19.1 Å². The van der Waals surface area contributed by atoms with Gasteiger partial charge < -0.3 is 19.7 Å². The van der Waals surface area contributed by atoms with Crippen LogP contribution in [0.3, 0.4) is 0 Å². The van der Waals surface area contributed by atoms with Crippen molar-refractivity contribution in [3.8, 4) is 5.75 Å². The Kier molecular flexibility index (Phi) is 16.4. The molecule has 0 saturated carbocycles. The first kappa shape index (κ1) is 42.4. The van der Waals surface area contributed by atoms with E-state index in [4.69, 9.17) is 14.6 Å². The number of aliphatic hydroxyl groups is 1. The van der Waals surface area contributed by atoms with Crippen LogP contribution in [0.1, 0.15) is 85.9 Å². The molecule has 2 unspecified atom stereocenters. The van der Waals surface area contributed by atoms with Crippen molar-refractivity contribution in [1.82, 2.24) is 0 Å². The van der Waals surface area contributed by atoms with Crippen LogP contribution in [0, 0.1) is 104 Å². The van der Waals surface area contributed by atoms with Gasteiger partial charge in [-0.3, -0.25) is 9.59 Å². The molecule has 2 saturated heterocycles. The Morgan fingerprint density at radius 3 is 1.29 bits per heavy atom. The smallest absolute Gasteiger partial charge is 0.309 e. The molecule has 1 radical (unpaired) electrons. The number of aromatic hydroxyl groups is 1. The summed E-state index contributed by atoms with van der Waals surface area (Å²) in [4.78, 5) is 24.4. The van der Waals surface area contributed by atoms with Crippen LogP contribution in [0.15, 0.2) is 72.8 Å². The number of phenolic OH excluding ortho intramolecular Hbond substituents is 1. The average molecular weight is 906 g/mol. The number of hydrogen-bond acceptors (Lipinski definition) is 6. The Labute approximate surface area is 340 Å². The van der Waals surface area contributed by atoms with E-state index >= 15 is 0 Å². The van der Waals surface area contributed by atoms with E-state index in [1.54, 1.807) is 6.07 Å². The molecule has 4 aromatic carbocycles. The van der Waals surface area contributed by atoms with Crippen LogP contribution in [0.5, 0.6) is 5.75 Å². The van der Waals surface area contributed by atoms with Crippen LogP contribution < -0.4 is 0 Å². The molecule has 0 amide bonds. The van der Waals surface area contributed by atoms with Crippen molar-refractivity contribution >= 4 is 11.9 Å². The third kappa shape index (κ3) is 11.5. The fraction of sp³-hybridized carbons (Fsp3) is 0.409. The number of carbonyl (C=O) groups is 2. The Hall–Kier alpha value is -2.98. The molecule has 2 aliphatic rings. The SMILES string of the molecule is CO.Cc1ccc(CC2C[C@@H](c3ccc(C)c(C)c3)COC2=O)cc1C.Cc1ccc([C@H]2COC(=O)C(Cc3ccc(O)c(C)c3)C2)cc1C.[Ac]. The number of hydrogen-bond donors (Lipinski definition) is 2. The van der Waals surface area contributed by atoms with Gasteiger partial charge in [-0.15, -0.1) is 0 Å². The molecule has 0 bridgehead atoms. The number of rotatable bonds is 6. The van der Waals surface area contributed by atoms with Crippen molar-refractivity contribution in [3.05, 3.63) is 134 Å². The average Bonchev–Trinajstić information content (AvgIpc) is 3.10. The Bertz CT molecular complexity index is 1670. The molecule has 269 valence electrons. The van der Waals surface area contributed by atoms with Crippen LogP contribution in [0.2, 0.25) is 0 Å². The van der Waals surface area contributed by atoms with Crippen LogP contribution in [0.25, 0.3) is 0 Å². The van der Waals surface area contributed by atoms with Gasteiger partial charge in [0.05, 0.1) is 25.0 Å². The topological polar surface area (TPSA) is 93.1 Å². The zero-order chi connectivity index (χ0) is 36.5. The summed E-state index contributed by atoms with van der Waals surface area (Å²) < 4.78 is 11.0. The van der Waals surface area contributed by atoms with Gasteiger partial charge >= 0.3 is 11.9 Å². The molecule has 2 fully saturated rings. The number of aliphatic hydroxyl groups excluding tert-OH is 1. The Balaban J connectivity index is 0.000000258. The third-order valence-electron chi connectivity index (χ3n) is 10.5. The molecule has 6 nitrogen and oxygen atoms in total. The van der Waals surface area contributed by atoms with Crippen LogP contribution in [0.4, 0.5) is 0 Å². The van der Waals surface area contributed by atoms with E-state index in [1.165, 1.54) is 50.1 Å². The monoisotopic (exact) mass is 905 g/mol. The quantitative estimate of drug-likeness (QED) is 0.189. The zero-order valence-electron chi connectivity index (χ0n) is 31.6. The molecule has 6 rings (SSSR count). The number of carbonyl (C=O) groups excluding carboxylic acids is 2. The summed E-state index contributed by atoms with van der Waals surface area (Å²) in [6.07, 6.45) is 3.10. The maximum absolute atomic E-state index is 12.2. The van der Waals surface area contributed by atoms with E-state index in [-0.39, 0.29) is 79.5 Å². The van der Waals surface area contributed by atoms with Gasteiger partial charge in [-0.05, 0) is 141 Å². The summed E-state index contributed by atoms with van der Waals surface area (Å²) in [5, 5.41) is 16.6. The predicted molar refractivity (Wildman–Crippen MR) is 200 cm³/mol. The van der Waals surface area contributed by atoms with Gasteiger partial charge in [0.1, 0.15) is 5.75 Å². The van der Waals surface area contributed by atoms with Gasteiger partial charge in [0.25, 0.3) is 0 Å². The summed E-state index contributed by atoms with van der Waals surface area (Å²) in [6, 6.07) is 25.1. The van der Waals surface area contributed by atoms with Crippen LogP contribution in [-0.4, -0.2) is 42.5 Å². The number of phenols is 1. The summed E-state index contributed by atoms with van der Waals surface area (Å²) in [7, 11) is 1.00. The van der Waals surface area contributed by atoms with Crippen molar-refractivity contribution < 1.29 is 73.3 Å². The maximum atomic E-state index is 12.2. The fourth-order valence-corrected chi connectivity index (χ4v) is 6.80. The van der Waals surface area contributed by atoms with E-state index in [0.29, 0.717) is 25.6 Å². The molecule has 4 aromatic rings. The predicted octanol–water partition coefficient (Wildman–Crippen LogP) is 8.63. The molecule has 0 aliphatic carbocycles. The second kappa shape index (κ2) is 19.7. The Morgan fingerprint density at radius 2 is 0.902 bits per heavy atom. The van der Waals surface area contributed by atoms with Crippen LogP contribution in [-0.2, 0) is 31.9 Å². The second-order valence-corrected chi connectivity index (χ2v) is 14.2. The fourth-order valence-electron chi connectivity index (χ4n) is 6.80. The second-order valence-electron chi connectivity index (χ2n) is 14.2. The van der Waals surface area contributed by atoms with Gasteiger partial charge in [-0.25, -0.2) is 0 Å². The van der Waals surface area contributed by atoms with Crippen molar-refractivity contribution in [2.24, 2.45) is 11.8 Å². The summed E-state index contributed by atoms with van der Waals surface area (Å²) in [6.45, 7) is 15.6. The summed E-state index contributed by atoms with van der Waals surface area (Å²) in [5.74, 6) is 0.512. The molecule has 2 aliphatic heterocycles. The first-order valence-corrected chi connectivity index (χ1v) is 17.6. The van der Waals surface area contributed by atoms with Crippen molar-refractivity contribution in [2.45, 2.75) is 86.0 Å². The molecular weight excluding hydrogens is 851 g/mol. The van der Waals surface area contributed by atoms with E-state index in [2.05, 4.69) is 96.1 Å². The minimum atomic E-state index is -0.130. The number of esters is 2. The van der Waals surface area contributed by atoms with Gasteiger partial charge in [-0.2, -0.15) is 0 Å². The molecule has 4 atom stereocenters. The van der Waals surface area contributed by atoms with Gasteiger partial charge in [0.15, 0.2) is 0 Å². The van der Waals surface area contributed by atoms with E-state index in [9.17, 15) is 14.7 Å². The van der Waals surface area contributed by atoms with Gasteiger partial charge in [0, 0.05) is 63.0 Å². The molecule has 2 N–H and O–H groups in total. The number of cyclic esters (lactones) is 2. The Morgan fingerprint density at radius 1 is 0.529 bits per heavy atom. The van der Waals surface area contributed by atoms with Crippen molar-refractivity contribution in [2.75, 3.05) is 20.3 Å². The first-order valence-electron chi connectivity index (χ1n) is 17.6. The standard InChI is InChI=1S/C22H26O2.C21H24O3.CH4O.Ac/c1-14-5-7-18(9-16(14)3)11-20-12-21(13-24-22(20)23)19-8-6-15(2)17(4)10-19;1-13-4-6-17(9-14(13)2)19-11-18(21(23)24-12-19)10-16-5-7-20(22)15(3)8-16;1-2;/h5-10,20-21H,11-13H2,1-4H3;4-9,18-19,22H,10-12H2,1-3H3;2H,1H3;/t20?,21-;18?,19-;;/m11../s1. The van der Waals surface area contributed by atoms with Crippen molar-refractivity contribution in [1.29, 1.82) is 0 Å². The normalized spacial score (nSPS) is 19.6. The van der Waals surface area contributed by atoms with Crippen molar-refractivity contribution in [3.63, 3.8) is 0 Å². The molecule has 0 spiro atoms. The van der Waals surface area contributed by atoms with Crippen LogP contribution >= 0.6 is 0 Å². The van der Waals surface area contributed by atoms with Gasteiger partial charge in [-0.1, -0.05) is 66.7 Å². The summed E-state index contributed by atoms with van der Waals surface area (Å²) >= 11 is 0. The number of ether oxygens (including phenoxy) is 2. The molecule has 2 heterocycles. The van der Waals surface area contributed by atoms with E-state index < -0.39 is 0 Å². The third-order valence-corrected chi connectivity index (χ3v) is 10.5. The van der Waals surface area contributed by atoms with Gasteiger partial charge in [0.2, 0.25) is 0 Å². The summed E-state index contributed by atoms with van der Waals surface area (Å²) in [5.41, 5.74) is 13.4. The zero-order valence-corrected chi connectivity index (χ0v) is 36.3. The molecule has 7 heteroatoms. The number of aryl methyl sites for hydroxylation is 7. The largest absolute Gasteiger partial charge is 0.508 e. The van der Waals surface area contributed by atoms with E-state index in [0.717, 1.165) is 37.5 Å².